The fraction of sp³-hybridized carbons (Fsp3) is 0.435. The van der Waals surface area contributed by atoms with E-state index in [9.17, 15) is 8.42 Å². The summed E-state index contributed by atoms with van der Waals surface area (Å²) in [6, 6.07) is 14.6. The summed E-state index contributed by atoms with van der Waals surface area (Å²) in [4.78, 5) is 4.57. The highest BCUT2D eigenvalue weighted by atomic mass is 127. The van der Waals surface area contributed by atoms with Crippen molar-refractivity contribution in [2.75, 3.05) is 39.7 Å². The minimum atomic E-state index is -3.27. The third-order valence-electron chi connectivity index (χ3n) is 4.63. The zero-order chi connectivity index (χ0) is 22.5. The molecule has 0 saturated heterocycles. The van der Waals surface area contributed by atoms with Crippen LogP contribution in [-0.4, -0.2) is 54.0 Å². The van der Waals surface area contributed by atoms with E-state index >= 15 is 0 Å². The molecule has 0 aliphatic heterocycles. The number of guanidine groups is 1. The predicted octanol–water partition coefficient (Wildman–Crippen LogP) is 3.56. The summed E-state index contributed by atoms with van der Waals surface area (Å²) in [6.07, 6.45) is 1.31. The van der Waals surface area contributed by atoms with Gasteiger partial charge in [0.25, 0.3) is 0 Å². The van der Waals surface area contributed by atoms with Gasteiger partial charge in [-0.05, 0) is 37.1 Å². The molecule has 2 aromatic carbocycles. The van der Waals surface area contributed by atoms with Gasteiger partial charge in [-0.25, -0.2) is 8.42 Å². The number of nitrogens with one attached hydrogen (secondary N) is 2. The molecule has 2 N–H and O–H groups in total. The number of benzene rings is 2. The maximum atomic E-state index is 12.4. The number of hydrogen-bond donors (Lipinski definition) is 2. The molecule has 178 valence electrons. The van der Waals surface area contributed by atoms with Crippen molar-refractivity contribution in [3.63, 3.8) is 0 Å². The van der Waals surface area contributed by atoms with Gasteiger partial charge in [0, 0.05) is 45.8 Å². The highest BCUT2D eigenvalue weighted by Gasteiger charge is 2.13. The molecule has 2 rings (SSSR count). The average Bonchev–Trinajstić information content (AvgIpc) is 2.78. The molecular formula is C23H34IN3O4S. The Kier molecular flexibility index (Phi) is 13.3. The maximum Gasteiger partial charge on any atom is 0.191 e. The van der Waals surface area contributed by atoms with Crippen LogP contribution in [0, 0.1) is 6.92 Å². The normalized spacial score (nSPS) is 11.5. The molecule has 0 fully saturated rings. The number of sulfone groups is 1. The molecule has 9 heteroatoms. The van der Waals surface area contributed by atoms with Crippen LogP contribution in [0.25, 0.3) is 0 Å². The summed E-state index contributed by atoms with van der Waals surface area (Å²) in [5.74, 6) is 1.54. The summed E-state index contributed by atoms with van der Waals surface area (Å²) in [5.41, 5.74) is 2.16. The molecule has 0 radical (unpaired) electrons. The van der Waals surface area contributed by atoms with E-state index in [1.807, 2.05) is 25.1 Å². The molecule has 0 aliphatic carbocycles. The van der Waals surface area contributed by atoms with Gasteiger partial charge in [-0.2, -0.15) is 0 Å². The second-order valence-electron chi connectivity index (χ2n) is 7.14. The van der Waals surface area contributed by atoms with Gasteiger partial charge in [-0.3, -0.25) is 4.99 Å². The third kappa shape index (κ3) is 9.74. The Labute approximate surface area is 208 Å². The van der Waals surface area contributed by atoms with Crippen molar-refractivity contribution >= 4 is 39.8 Å². The van der Waals surface area contributed by atoms with Gasteiger partial charge in [-0.15, -0.1) is 24.0 Å². The number of methoxy groups -OCH3 is 1. The van der Waals surface area contributed by atoms with Crippen molar-refractivity contribution in [1.82, 2.24) is 10.6 Å². The number of aryl methyl sites for hydroxylation is 1. The van der Waals surface area contributed by atoms with Crippen LogP contribution < -0.4 is 15.4 Å². The largest absolute Gasteiger partial charge is 0.493 e. The van der Waals surface area contributed by atoms with Crippen molar-refractivity contribution < 1.29 is 17.9 Å². The first-order valence-electron chi connectivity index (χ1n) is 10.4. The van der Waals surface area contributed by atoms with E-state index in [0.717, 1.165) is 23.3 Å². The van der Waals surface area contributed by atoms with E-state index in [4.69, 9.17) is 9.47 Å². The van der Waals surface area contributed by atoms with Gasteiger partial charge in [0.05, 0.1) is 17.3 Å². The van der Waals surface area contributed by atoms with Gasteiger partial charge >= 0.3 is 0 Å². The Bertz CT molecular complexity index is 938. The molecule has 0 bridgehead atoms. The SMILES string of the molecule is CN=C(NCCCS(=O)(=O)c1ccccc1)NCc1ccc(C)cc1OCCCOC.I. The summed E-state index contributed by atoms with van der Waals surface area (Å²) < 4.78 is 35.7. The van der Waals surface area contributed by atoms with Crippen LogP contribution in [0.5, 0.6) is 5.75 Å². The molecule has 0 atom stereocenters. The number of halogens is 1. The maximum absolute atomic E-state index is 12.4. The summed E-state index contributed by atoms with van der Waals surface area (Å²) in [5, 5.41) is 6.43. The molecule has 0 heterocycles. The molecule has 0 aliphatic rings. The van der Waals surface area contributed by atoms with Gasteiger partial charge < -0.3 is 20.1 Å². The fourth-order valence-corrected chi connectivity index (χ4v) is 4.27. The second-order valence-corrected chi connectivity index (χ2v) is 9.25. The predicted molar refractivity (Wildman–Crippen MR) is 140 cm³/mol. The lowest BCUT2D eigenvalue weighted by molar-refractivity contribution is 0.171. The number of rotatable bonds is 12. The standard InChI is InChI=1S/C23H33N3O4S.HI/c1-19-11-12-20(22(17-19)30-15-8-14-29-3)18-26-23(24-2)25-13-7-16-31(27,28)21-9-5-4-6-10-21;/h4-6,9-12,17H,7-8,13-16,18H2,1-3H3,(H2,24,25,26);1H. The van der Waals surface area contributed by atoms with Crippen molar-refractivity contribution in [3.8, 4) is 5.75 Å². The van der Waals surface area contributed by atoms with Gasteiger partial charge in [0.1, 0.15) is 5.75 Å². The summed E-state index contributed by atoms with van der Waals surface area (Å²) in [6.45, 7) is 4.33. The number of aliphatic imine (C=N–C) groups is 1. The topological polar surface area (TPSA) is 89.0 Å². The minimum Gasteiger partial charge on any atom is -0.493 e. The van der Waals surface area contributed by atoms with E-state index in [2.05, 4.69) is 15.6 Å². The lowest BCUT2D eigenvalue weighted by Gasteiger charge is -2.15. The van der Waals surface area contributed by atoms with E-state index in [0.29, 0.717) is 43.6 Å². The molecule has 0 saturated carbocycles. The zero-order valence-electron chi connectivity index (χ0n) is 19.0. The fourth-order valence-electron chi connectivity index (χ4n) is 2.94. The lowest BCUT2D eigenvalue weighted by atomic mass is 10.1. The molecule has 32 heavy (non-hydrogen) atoms. The Balaban J connectivity index is 0.00000512. The summed E-state index contributed by atoms with van der Waals surface area (Å²) in [7, 11) is 0.0973. The first-order valence-corrected chi connectivity index (χ1v) is 12.0. The molecule has 0 unspecified atom stereocenters. The Morgan fingerprint density at radius 1 is 1.03 bits per heavy atom. The Morgan fingerprint density at radius 2 is 1.78 bits per heavy atom. The van der Waals surface area contributed by atoms with Crippen molar-refractivity contribution in [3.05, 3.63) is 59.7 Å². The van der Waals surface area contributed by atoms with Gasteiger partial charge in [0.2, 0.25) is 0 Å². The van der Waals surface area contributed by atoms with Crippen LogP contribution in [-0.2, 0) is 21.1 Å². The molecule has 0 aromatic heterocycles. The number of nitrogens with zero attached hydrogens (tertiary/aromatic N) is 1. The van der Waals surface area contributed by atoms with E-state index in [1.54, 1.807) is 44.5 Å². The van der Waals surface area contributed by atoms with E-state index in [1.165, 1.54) is 0 Å². The number of ether oxygens (including phenoxy) is 2. The minimum absolute atomic E-state index is 0. The smallest absolute Gasteiger partial charge is 0.191 e. The monoisotopic (exact) mass is 575 g/mol. The van der Waals surface area contributed by atoms with Crippen LogP contribution in [0.15, 0.2) is 58.4 Å². The zero-order valence-corrected chi connectivity index (χ0v) is 22.1. The summed E-state index contributed by atoms with van der Waals surface area (Å²) >= 11 is 0. The van der Waals surface area contributed by atoms with Crippen molar-refractivity contribution in [2.45, 2.75) is 31.2 Å². The van der Waals surface area contributed by atoms with E-state index < -0.39 is 9.84 Å². The highest BCUT2D eigenvalue weighted by molar-refractivity contribution is 14.0. The average molecular weight is 576 g/mol. The van der Waals surface area contributed by atoms with Gasteiger partial charge in [-0.1, -0.05) is 30.3 Å². The molecule has 0 amide bonds. The molecule has 7 nitrogen and oxygen atoms in total. The Hall–Kier alpha value is -1.85. The van der Waals surface area contributed by atoms with Gasteiger partial charge in [0.15, 0.2) is 15.8 Å². The highest BCUT2D eigenvalue weighted by Crippen LogP contribution is 2.20. The molecular weight excluding hydrogens is 541 g/mol. The first kappa shape index (κ1) is 28.2. The van der Waals surface area contributed by atoms with Crippen molar-refractivity contribution in [2.24, 2.45) is 4.99 Å². The molecule has 2 aromatic rings. The van der Waals surface area contributed by atoms with Crippen LogP contribution in [0.3, 0.4) is 0 Å². The first-order chi connectivity index (χ1) is 15.0. The van der Waals surface area contributed by atoms with Crippen molar-refractivity contribution in [1.29, 1.82) is 0 Å². The third-order valence-corrected chi connectivity index (χ3v) is 6.44. The lowest BCUT2D eigenvalue weighted by Crippen LogP contribution is -2.37. The number of hydrogen-bond acceptors (Lipinski definition) is 5. The quantitative estimate of drug-likeness (QED) is 0.174. The van der Waals surface area contributed by atoms with Crippen LogP contribution in [0.4, 0.5) is 0 Å². The second kappa shape index (κ2) is 15.1. The van der Waals surface area contributed by atoms with Crippen LogP contribution in [0.2, 0.25) is 0 Å². The molecule has 0 spiro atoms. The Morgan fingerprint density at radius 3 is 2.47 bits per heavy atom. The van der Waals surface area contributed by atoms with Crippen LogP contribution in [0.1, 0.15) is 24.0 Å². The van der Waals surface area contributed by atoms with E-state index in [-0.39, 0.29) is 29.7 Å². The van der Waals surface area contributed by atoms with Crippen LogP contribution >= 0.6 is 24.0 Å².